The third-order valence-electron chi connectivity index (χ3n) is 2.33. The van der Waals surface area contributed by atoms with Crippen molar-refractivity contribution in [2.45, 2.75) is 26.3 Å². The van der Waals surface area contributed by atoms with Crippen molar-refractivity contribution in [3.8, 4) is 6.07 Å². The number of nitrogens with zero attached hydrogens (tertiary/aromatic N) is 1. The Morgan fingerprint density at radius 1 is 1.41 bits per heavy atom. The lowest BCUT2D eigenvalue weighted by molar-refractivity contribution is 0.739. The van der Waals surface area contributed by atoms with Crippen molar-refractivity contribution >= 4 is 17.3 Å². The molecule has 90 valence electrons. The zero-order valence-electron chi connectivity index (χ0n) is 9.99. The van der Waals surface area contributed by atoms with Crippen LogP contribution in [0.25, 0.3) is 0 Å². The second-order valence-electron chi connectivity index (χ2n) is 3.78. The SMILES string of the molecule is CCCCNC(=S)NCc1cccc(C#N)c1. The summed E-state index contributed by atoms with van der Waals surface area (Å²) in [6, 6.07) is 9.63. The fourth-order valence-electron chi connectivity index (χ4n) is 1.37. The van der Waals surface area contributed by atoms with E-state index in [-0.39, 0.29) is 0 Å². The molecule has 1 aromatic carbocycles. The molecule has 0 fully saturated rings. The summed E-state index contributed by atoms with van der Waals surface area (Å²) < 4.78 is 0. The number of thiocarbonyl (C=S) groups is 1. The summed E-state index contributed by atoms with van der Waals surface area (Å²) in [4.78, 5) is 0. The first-order valence-corrected chi connectivity index (χ1v) is 6.18. The van der Waals surface area contributed by atoms with Gasteiger partial charge in [-0.2, -0.15) is 5.26 Å². The Hall–Kier alpha value is -1.60. The largest absolute Gasteiger partial charge is 0.363 e. The standard InChI is InChI=1S/C13H17N3S/c1-2-3-7-15-13(17)16-10-12-6-4-5-11(8-12)9-14/h4-6,8H,2-3,7,10H2,1H3,(H2,15,16,17). The van der Waals surface area contributed by atoms with Gasteiger partial charge in [0.2, 0.25) is 0 Å². The predicted molar refractivity (Wildman–Crippen MR) is 73.5 cm³/mol. The maximum absolute atomic E-state index is 8.77. The molecule has 0 saturated carbocycles. The zero-order valence-corrected chi connectivity index (χ0v) is 10.8. The maximum atomic E-state index is 8.77. The van der Waals surface area contributed by atoms with Crippen LogP contribution in [-0.2, 0) is 6.54 Å². The van der Waals surface area contributed by atoms with Crippen molar-refractivity contribution in [1.29, 1.82) is 5.26 Å². The molecule has 0 spiro atoms. The predicted octanol–water partition coefficient (Wildman–Crippen LogP) is 2.32. The summed E-state index contributed by atoms with van der Waals surface area (Å²) in [7, 11) is 0. The first-order chi connectivity index (χ1) is 8.26. The molecule has 4 heteroatoms. The minimum atomic E-state index is 0.646. The molecule has 0 amide bonds. The van der Waals surface area contributed by atoms with Crippen molar-refractivity contribution in [2.24, 2.45) is 0 Å². The molecule has 0 aliphatic heterocycles. The summed E-state index contributed by atoms with van der Waals surface area (Å²) in [6.07, 6.45) is 2.27. The third-order valence-corrected chi connectivity index (χ3v) is 2.61. The van der Waals surface area contributed by atoms with Gasteiger partial charge in [-0.3, -0.25) is 0 Å². The second kappa shape index (κ2) is 7.64. The topological polar surface area (TPSA) is 47.8 Å². The normalized spacial score (nSPS) is 9.41. The quantitative estimate of drug-likeness (QED) is 0.619. The molecule has 1 aromatic rings. The average Bonchev–Trinajstić information content (AvgIpc) is 2.37. The van der Waals surface area contributed by atoms with Crippen LogP contribution in [0.4, 0.5) is 0 Å². The van der Waals surface area contributed by atoms with Gasteiger partial charge in [-0.1, -0.05) is 25.5 Å². The molecule has 0 unspecified atom stereocenters. The second-order valence-corrected chi connectivity index (χ2v) is 4.18. The molecule has 2 N–H and O–H groups in total. The van der Waals surface area contributed by atoms with Gasteiger partial charge in [0, 0.05) is 13.1 Å². The Kier molecular flexibility index (Phi) is 6.05. The maximum Gasteiger partial charge on any atom is 0.166 e. The first-order valence-electron chi connectivity index (χ1n) is 5.77. The summed E-state index contributed by atoms with van der Waals surface area (Å²) in [5.74, 6) is 0. The van der Waals surface area contributed by atoms with E-state index in [1.54, 1.807) is 6.07 Å². The van der Waals surface area contributed by atoms with Crippen molar-refractivity contribution < 1.29 is 0 Å². The summed E-state index contributed by atoms with van der Waals surface area (Å²) in [5.41, 5.74) is 1.73. The van der Waals surface area contributed by atoms with Crippen LogP contribution in [0.2, 0.25) is 0 Å². The molecule has 3 nitrogen and oxygen atoms in total. The highest BCUT2D eigenvalue weighted by atomic mass is 32.1. The molecule has 0 saturated heterocycles. The van der Waals surface area contributed by atoms with Crippen LogP contribution < -0.4 is 10.6 Å². The molecule has 0 heterocycles. The number of hydrogen-bond donors (Lipinski definition) is 2. The number of nitrogens with one attached hydrogen (secondary N) is 2. The zero-order chi connectivity index (χ0) is 12.5. The van der Waals surface area contributed by atoms with Crippen LogP contribution in [0.3, 0.4) is 0 Å². The minimum Gasteiger partial charge on any atom is -0.363 e. The van der Waals surface area contributed by atoms with E-state index < -0.39 is 0 Å². The molecule has 0 bridgehead atoms. The van der Waals surface area contributed by atoms with Crippen LogP contribution in [0.1, 0.15) is 30.9 Å². The molecule has 0 aromatic heterocycles. The molecule has 0 radical (unpaired) electrons. The smallest absolute Gasteiger partial charge is 0.166 e. The highest BCUT2D eigenvalue weighted by Gasteiger charge is 1.97. The average molecular weight is 247 g/mol. The van der Waals surface area contributed by atoms with Crippen LogP contribution in [0.5, 0.6) is 0 Å². The summed E-state index contributed by atoms with van der Waals surface area (Å²) in [6.45, 7) is 3.69. The summed E-state index contributed by atoms with van der Waals surface area (Å²) >= 11 is 5.14. The van der Waals surface area contributed by atoms with Crippen molar-refractivity contribution in [3.63, 3.8) is 0 Å². The number of rotatable bonds is 5. The van der Waals surface area contributed by atoms with Gasteiger partial charge >= 0.3 is 0 Å². The fraction of sp³-hybridized carbons (Fsp3) is 0.385. The fourth-order valence-corrected chi connectivity index (χ4v) is 1.55. The molecule has 0 atom stereocenters. The van der Waals surface area contributed by atoms with Crippen molar-refractivity contribution in [1.82, 2.24) is 10.6 Å². The lowest BCUT2D eigenvalue weighted by atomic mass is 10.1. The van der Waals surface area contributed by atoms with Gasteiger partial charge in [-0.25, -0.2) is 0 Å². The van der Waals surface area contributed by atoms with E-state index >= 15 is 0 Å². The molecular formula is C13H17N3S. The van der Waals surface area contributed by atoms with E-state index in [2.05, 4.69) is 23.6 Å². The molecule has 1 rings (SSSR count). The van der Waals surface area contributed by atoms with E-state index in [9.17, 15) is 0 Å². The number of nitriles is 1. The van der Waals surface area contributed by atoms with Gasteiger partial charge in [-0.05, 0) is 36.3 Å². The van der Waals surface area contributed by atoms with Crippen molar-refractivity contribution in [2.75, 3.05) is 6.54 Å². The highest BCUT2D eigenvalue weighted by molar-refractivity contribution is 7.80. The Morgan fingerprint density at radius 2 is 2.24 bits per heavy atom. The van der Waals surface area contributed by atoms with Gasteiger partial charge in [0.05, 0.1) is 11.6 Å². The van der Waals surface area contributed by atoms with Crippen LogP contribution in [0, 0.1) is 11.3 Å². The molecule has 17 heavy (non-hydrogen) atoms. The number of hydrogen-bond acceptors (Lipinski definition) is 2. The lowest BCUT2D eigenvalue weighted by Crippen LogP contribution is -2.35. The van der Waals surface area contributed by atoms with Gasteiger partial charge < -0.3 is 10.6 Å². The van der Waals surface area contributed by atoms with E-state index in [4.69, 9.17) is 17.5 Å². The van der Waals surface area contributed by atoms with Crippen LogP contribution in [-0.4, -0.2) is 11.7 Å². The third kappa shape index (κ3) is 5.32. The highest BCUT2D eigenvalue weighted by Crippen LogP contribution is 2.03. The molecule has 0 aliphatic rings. The monoisotopic (exact) mass is 247 g/mol. The lowest BCUT2D eigenvalue weighted by Gasteiger charge is -2.10. The van der Waals surface area contributed by atoms with E-state index in [0.717, 1.165) is 24.9 Å². The Bertz CT molecular complexity index is 409. The van der Waals surface area contributed by atoms with E-state index in [1.807, 2.05) is 18.2 Å². The van der Waals surface area contributed by atoms with Crippen LogP contribution in [0.15, 0.2) is 24.3 Å². The Balaban J connectivity index is 2.34. The first kappa shape index (κ1) is 13.5. The molecular weight excluding hydrogens is 230 g/mol. The van der Waals surface area contributed by atoms with Gasteiger partial charge in [0.1, 0.15) is 0 Å². The molecule has 0 aliphatic carbocycles. The Labute approximate surface area is 108 Å². The van der Waals surface area contributed by atoms with Gasteiger partial charge in [0.15, 0.2) is 5.11 Å². The minimum absolute atomic E-state index is 0.646. The number of benzene rings is 1. The Morgan fingerprint density at radius 3 is 2.94 bits per heavy atom. The number of unbranched alkanes of at least 4 members (excludes halogenated alkanes) is 1. The summed E-state index contributed by atoms with van der Waals surface area (Å²) in [5, 5.41) is 15.7. The van der Waals surface area contributed by atoms with E-state index in [1.165, 1.54) is 0 Å². The van der Waals surface area contributed by atoms with E-state index in [0.29, 0.717) is 17.2 Å². The van der Waals surface area contributed by atoms with Gasteiger partial charge in [-0.15, -0.1) is 0 Å². The van der Waals surface area contributed by atoms with Crippen LogP contribution >= 0.6 is 12.2 Å². The van der Waals surface area contributed by atoms with Crippen molar-refractivity contribution in [3.05, 3.63) is 35.4 Å². The van der Waals surface area contributed by atoms with Gasteiger partial charge in [0.25, 0.3) is 0 Å².